The van der Waals surface area contributed by atoms with Crippen molar-refractivity contribution in [2.45, 2.75) is 44.7 Å². The molecule has 0 spiro atoms. The number of nitrogens with zero attached hydrogens (tertiary/aromatic N) is 1. The number of pyridine rings is 1. The van der Waals surface area contributed by atoms with Gasteiger partial charge in [-0.15, -0.1) is 0 Å². The van der Waals surface area contributed by atoms with E-state index in [-0.39, 0.29) is 17.9 Å². The zero-order valence-electron chi connectivity index (χ0n) is 15.4. The number of aromatic nitrogens is 1. The van der Waals surface area contributed by atoms with Crippen LogP contribution < -0.4 is 22.1 Å². The Morgan fingerprint density at radius 3 is 2.41 bits per heavy atom. The molecule has 0 aliphatic heterocycles. The van der Waals surface area contributed by atoms with Gasteiger partial charge in [0.2, 0.25) is 0 Å². The number of carbonyl (C=O) groups is 2. The fourth-order valence-electron chi connectivity index (χ4n) is 3.29. The third kappa shape index (κ3) is 4.62. The van der Waals surface area contributed by atoms with E-state index in [9.17, 15) is 9.59 Å². The van der Waals surface area contributed by atoms with E-state index in [0.717, 1.165) is 25.7 Å². The summed E-state index contributed by atoms with van der Waals surface area (Å²) in [5.41, 5.74) is 13.3. The number of hydrogen-bond donors (Lipinski definition) is 4. The highest BCUT2D eigenvalue weighted by molar-refractivity contribution is 5.98. The van der Waals surface area contributed by atoms with Gasteiger partial charge in [0.25, 0.3) is 5.91 Å². The number of anilines is 3. The lowest BCUT2D eigenvalue weighted by Crippen LogP contribution is -2.42. The minimum atomic E-state index is -0.564. The molecule has 1 aromatic carbocycles. The number of Topliss-reactive ketones (excluding diaryl/α,β-unsaturated/α-hetero) is 1. The van der Waals surface area contributed by atoms with Crippen molar-refractivity contribution in [2.24, 2.45) is 11.5 Å². The van der Waals surface area contributed by atoms with Crippen molar-refractivity contribution >= 4 is 29.0 Å². The van der Waals surface area contributed by atoms with Crippen LogP contribution in [0.25, 0.3) is 0 Å². The minimum Gasteiger partial charge on any atom is -0.366 e. The molecule has 3 rings (SSSR count). The number of hydrogen-bond acceptors (Lipinski definition) is 6. The number of rotatable bonds is 6. The van der Waals surface area contributed by atoms with Crippen molar-refractivity contribution in [2.75, 3.05) is 10.6 Å². The summed E-state index contributed by atoms with van der Waals surface area (Å²) in [6.45, 7) is 1.51. The Labute approximate surface area is 158 Å². The summed E-state index contributed by atoms with van der Waals surface area (Å²) in [5.74, 6) is 0.441. The lowest BCUT2D eigenvalue weighted by molar-refractivity contribution is 0.0996. The molecule has 7 nitrogen and oxygen atoms in total. The average molecular weight is 367 g/mol. The van der Waals surface area contributed by atoms with Gasteiger partial charge in [-0.05, 0) is 56.2 Å². The highest BCUT2D eigenvalue weighted by Gasteiger charge is 2.22. The molecule has 0 saturated heterocycles. The molecule has 1 aromatic heterocycles. The lowest BCUT2D eigenvalue weighted by Gasteiger charge is -2.29. The van der Waals surface area contributed by atoms with Gasteiger partial charge in [0.05, 0.1) is 5.56 Å². The summed E-state index contributed by atoms with van der Waals surface area (Å²) >= 11 is 0. The Hall–Kier alpha value is -2.93. The molecule has 1 heterocycles. The van der Waals surface area contributed by atoms with Crippen molar-refractivity contribution in [1.29, 1.82) is 0 Å². The van der Waals surface area contributed by atoms with Gasteiger partial charge in [-0.3, -0.25) is 9.59 Å². The molecular weight excluding hydrogens is 342 g/mol. The topological polar surface area (TPSA) is 123 Å². The van der Waals surface area contributed by atoms with Gasteiger partial charge in [0, 0.05) is 23.3 Å². The smallest absolute Gasteiger partial charge is 0.252 e. The molecule has 1 saturated carbocycles. The zero-order valence-corrected chi connectivity index (χ0v) is 15.4. The summed E-state index contributed by atoms with van der Waals surface area (Å²) in [7, 11) is 0. The number of amides is 1. The first-order valence-electron chi connectivity index (χ1n) is 9.15. The molecule has 1 aliphatic rings. The molecule has 27 heavy (non-hydrogen) atoms. The van der Waals surface area contributed by atoms with E-state index < -0.39 is 5.91 Å². The fourth-order valence-corrected chi connectivity index (χ4v) is 3.29. The van der Waals surface area contributed by atoms with Crippen LogP contribution in [-0.4, -0.2) is 28.8 Å². The van der Waals surface area contributed by atoms with Gasteiger partial charge < -0.3 is 22.1 Å². The van der Waals surface area contributed by atoms with Crippen LogP contribution >= 0.6 is 0 Å². The van der Waals surface area contributed by atoms with Crippen LogP contribution in [0.4, 0.5) is 17.3 Å². The van der Waals surface area contributed by atoms with Gasteiger partial charge in [-0.1, -0.05) is 12.8 Å². The molecular formula is C20H25N5O2. The normalized spacial score (nSPS) is 19.3. The van der Waals surface area contributed by atoms with Crippen LogP contribution in [0.15, 0.2) is 36.4 Å². The number of benzene rings is 1. The molecule has 142 valence electrons. The van der Waals surface area contributed by atoms with Crippen molar-refractivity contribution in [1.82, 2.24) is 4.98 Å². The maximum Gasteiger partial charge on any atom is 0.252 e. The van der Waals surface area contributed by atoms with Gasteiger partial charge in [-0.2, -0.15) is 0 Å². The molecule has 6 N–H and O–H groups in total. The van der Waals surface area contributed by atoms with Crippen LogP contribution in [0.5, 0.6) is 0 Å². The second-order valence-electron chi connectivity index (χ2n) is 6.91. The first-order chi connectivity index (χ1) is 12.9. The summed E-state index contributed by atoms with van der Waals surface area (Å²) in [5, 5.41) is 6.49. The van der Waals surface area contributed by atoms with Crippen molar-refractivity contribution in [3.05, 3.63) is 47.5 Å². The molecule has 2 unspecified atom stereocenters. The van der Waals surface area contributed by atoms with Crippen molar-refractivity contribution < 1.29 is 9.59 Å². The monoisotopic (exact) mass is 367 g/mol. The van der Waals surface area contributed by atoms with Crippen LogP contribution in [0, 0.1) is 0 Å². The second-order valence-corrected chi connectivity index (χ2v) is 6.91. The number of carbonyl (C=O) groups excluding carboxylic acids is 2. The minimum absolute atomic E-state index is 0.00693. The van der Waals surface area contributed by atoms with Gasteiger partial charge in [-0.25, -0.2) is 4.98 Å². The molecule has 7 heteroatoms. The van der Waals surface area contributed by atoms with Crippen LogP contribution in [0.3, 0.4) is 0 Å². The zero-order chi connectivity index (χ0) is 19.4. The second kappa shape index (κ2) is 8.18. The van der Waals surface area contributed by atoms with Gasteiger partial charge >= 0.3 is 0 Å². The average Bonchev–Trinajstić information content (AvgIpc) is 2.64. The highest BCUT2D eigenvalue weighted by atomic mass is 16.1. The predicted octanol–water partition coefficient (Wildman–Crippen LogP) is 2.81. The molecule has 1 aliphatic carbocycles. The summed E-state index contributed by atoms with van der Waals surface area (Å²) in [6, 6.07) is 10.6. The van der Waals surface area contributed by atoms with E-state index in [1.54, 1.807) is 36.4 Å². The Bertz CT molecular complexity index is 835. The number of ketones is 1. The maximum absolute atomic E-state index is 11.8. The third-order valence-electron chi connectivity index (χ3n) is 4.87. The number of nitrogens with one attached hydrogen (secondary N) is 2. The van der Waals surface area contributed by atoms with E-state index in [1.165, 1.54) is 6.92 Å². The van der Waals surface area contributed by atoms with E-state index in [0.29, 0.717) is 28.5 Å². The first kappa shape index (κ1) is 18.8. The van der Waals surface area contributed by atoms with E-state index in [2.05, 4.69) is 15.6 Å². The van der Waals surface area contributed by atoms with E-state index in [4.69, 9.17) is 11.5 Å². The van der Waals surface area contributed by atoms with Crippen LogP contribution in [0.2, 0.25) is 0 Å². The molecule has 2 atom stereocenters. The van der Waals surface area contributed by atoms with Gasteiger partial charge in [0.15, 0.2) is 5.78 Å². The first-order valence-corrected chi connectivity index (χ1v) is 9.15. The standard InChI is InChI=1S/C20H25N5O2/c1-12(26)13-6-8-14(9-7-13)23-20-15(19(22)27)10-11-18(25-20)24-17-5-3-2-4-16(17)21/h6-11,16-17H,2-5,21H2,1H3,(H2,22,27)(H2,23,24,25). The summed E-state index contributed by atoms with van der Waals surface area (Å²) < 4.78 is 0. The molecule has 0 bridgehead atoms. The van der Waals surface area contributed by atoms with E-state index >= 15 is 0 Å². The van der Waals surface area contributed by atoms with Crippen LogP contribution in [-0.2, 0) is 0 Å². The predicted molar refractivity (Wildman–Crippen MR) is 106 cm³/mol. The number of primary amides is 1. The Balaban J connectivity index is 1.83. The lowest BCUT2D eigenvalue weighted by atomic mass is 9.91. The Morgan fingerprint density at radius 1 is 1.07 bits per heavy atom. The Kier molecular flexibility index (Phi) is 5.71. The van der Waals surface area contributed by atoms with Crippen molar-refractivity contribution in [3.8, 4) is 0 Å². The SMILES string of the molecule is CC(=O)c1ccc(Nc2nc(NC3CCCCC3N)ccc2C(N)=O)cc1. The largest absolute Gasteiger partial charge is 0.366 e. The fraction of sp³-hybridized carbons (Fsp3) is 0.350. The van der Waals surface area contributed by atoms with Crippen molar-refractivity contribution in [3.63, 3.8) is 0 Å². The number of nitrogens with two attached hydrogens (primary N) is 2. The molecule has 0 radical (unpaired) electrons. The summed E-state index contributed by atoms with van der Waals surface area (Å²) in [6.07, 6.45) is 4.27. The summed E-state index contributed by atoms with van der Waals surface area (Å²) in [4.78, 5) is 27.7. The maximum atomic E-state index is 11.8. The van der Waals surface area contributed by atoms with Gasteiger partial charge in [0.1, 0.15) is 11.6 Å². The molecule has 1 amide bonds. The Morgan fingerprint density at radius 2 is 1.78 bits per heavy atom. The molecule has 1 fully saturated rings. The quantitative estimate of drug-likeness (QED) is 0.582. The van der Waals surface area contributed by atoms with Crippen LogP contribution in [0.1, 0.15) is 53.3 Å². The third-order valence-corrected chi connectivity index (χ3v) is 4.87. The molecule has 2 aromatic rings. The van der Waals surface area contributed by atoms with E-state index in [1.807, 2.05) is 0 Å². The highest BCUT2D eigenvalue weighted by Crippen LogP contribution is 2.24.